The van der Waals surface area contributed by atoms with E-state index < -0.39 is 11.9 Å². The van der Waals surface area contributed by atoms with Crippen LogP contribution in [0.2, 0.25) is 0 Å². The average molecular weight is 168 g/mol. The van der Waals surface area contributed by atoms with Gasteiger partial charge < -0.3 is 5.32 Å². The summed E-state index contributed by atoms with van der Waals surface area (Å²) < 4.78 is 12.9. The molecule has 0 spiro atoms. The molecule has 0 radical (unpaired) electrons. The molecule has 0 aliphatic rings. The molecule has 1 heterocycles. The lowest BCUT2D eigenvalue weighted by Gasteiger charge is -2.03. The monoisotopic (exact) mass is 168 g/mol. The van der Waals surface area contributed by atoms with Crippen molar-refractivity contribution in [3.63, 3.8) is 0 Å². The minimum atomic E-state index is -0.727. The molecule has 1 N–H and O–H groups in total. The minimum absolute atomic E-state index is 0.0139. The highest BCUT2D eigenvalue weighted by Crippen LogP contribution is 2.08. The number of pyridine rings is 1. The van der Waals surface area contributed by atoms with E-state index in [4.69, 9.17) is 0 Å². The molecule has 1 aromatic heterocycles. The van der Waals surface area contributed by atoms with Gasteiger partial charge in [-0.1, -0.05) is 0 Å². The maximum Gasteiger partial charge on any atom is 0.255 e. The van der Waals surface area contributed by atoms with Crippen LogP contribution in [0.25, 0.3) is 0 Å². The van der Waals surface area contributed by atoms with Crippen molar-refractivity contribution in [1.82, 2.24) is 10.3 Å². The van der Waals surface area contributed by atoms with Crippen molar-refractivity contribution in [2.75, 3.05) is 7.05 Å². The van der Waals surface area contributed by atoms with E-state index in [-0.39, 0.29) is 5.56 Å². The van der Waals surface area contributed by atoms with E-state index in [2.05, 4.69) is 10.3 Å². The number of halogens is 1. The van der Waals surface area contributed by atoms with Gasteiger partial charge in [-0.2, -0.15) is 4.39 Å². The molecule has 0 aliphatic carbocycles. The molecule has 0 saturated carbocycles. The maximum absolute atomic E-state index is 12.9. The van der Waals surface area contributed by atoms with E-state index in [1.54, 1.807) is 13.0 Å². The summed E-state index contributed by atoms with van der Waals surface area (Å²) in [4.78, 5) is 14.4. The molecule has 0 fully saturated rings. The zero-order valence-electron chi connectivity index (χ0n) is 6.89. The second kappa shape index (κ2) is 3.30. The number of carbonyl (C=O) groups is 1. The third-order valence-corrected chi connectivity index (χ3v) is 1.57. The molecule has 0 aromatic carbocycles. The first-order valence-electron chi connectivity index (χ1n) is 3.50. The summed E-state index contributed by atoms with van der Waals surface area (Å²) in [6, 6.07) is 1.59. The van der Waals surface area contributed by atoms with Gasteiger partial charge in [0, 0.05) is 13.2 Å². The molecule has 0 atom stereocenters. The Hall–Kier alpha value is -1.45. The number of nitrogens with zero attached hydrogens (tertiary/aromatic N) is 1. The molecule has 3 nitrogen and oxygen atoms in total. The Bertz CT molecular complexity index is 292. The molecular weight excluding hydrogens is 159 g/mol. The molecule has 64 valence electrons. The van der Waals surface area contributed by atoms with Crippen molar-refractivity contribution in [3.8, 4) is 0 Å². The smallest absolute Gasteiger partial charge is 0.255 e. The van der Waals surface area contributed by atoms with E-state index in [0.717, 1.165) is 0 Å². The molecule has 0 saturated heterocycles. The number of amides is 1. The Morgan fingerprint density at radius 2 is 2.33 bits per heavy atom. The van der Waals surface area contributed by atoms with Crippen LogP contribution in [0.1, 0.15) is 15.9 Å². The number of aryl methyl sites for hydroxylation is 1. The SMILES string of the molecule is CNC(=O)c1c(C)ccnc1F. The number of carbonyl (C=O) groups excluding carboxylic acids is 1. The number of hydrogen-bond acceptors (Lipinski definition) is 2. The van der Waals surface area contributed by atoms with Crippen molar-refractivity contribution in [1.29, 1.82) is 0 Å². The van der Waals surface area contributed by atoms with Crippen LogP contribution in [-0.4, -0.2) is 17.9 Å². The normalized spacial score (nSPS) is 9.58. The van der Waals surface area contributed by atoms with E-state index in [1.807, 2.05) is 0 Å². The minimum Gasteiger partial charge on any atom is -0.355 e. The molecule has 0 aliphatic heterocycles. The molecule has 0 bridgehead atoms. The lowest BCUT2D eigenvalue weighted by Crippen LogP contribution is -2.21. The summed E-state index contributed by atoms with van der Waals surface area (Å²) in [5.74, 6) is -1.17. The quantitative estimate of drug-likeness (QED) is 0.633. The van der Waals surface area contributed by atoms with Crippen LogP contribution >= 0.6 is 0 Å². The highest BCUT2D eigenvalue weighted by molar-refractivity contribution is 5.95. The Balaban J connectivity index is 3.21. The van der Waals surface area contributed by atoms with Crippen LogP contribution in [0.3, 0.4) is 0 Å². The number of nitrogens with one attached hydrogen (secondary N) is 1. The predicted molar refractivity (Wildman–Crippen MR) is 42.3 cm³/mol. The summed E-state index contributed by atoms with van der Waals surface area (Å²) in [7, 11) is 1.45. The Labute approximate surface area is 69.6 Å². The molecule has 1 aromatic rings. The van der Waals surface area contributed by atoms with Gasteiger partial charge in [0.05, 0.1) is 5.56 Å². The molecule has 1 amide bonds. The van der Waals surface area contributed by atoms with Crippen molar-refractivity contribution in [2.24, 2.45) is 0 Å². The van der Waals surface area contributed by atoms with Crippen molar-refractivity contribution >= 4 is 5.91 Å². The van der Waals surface area contributed by atoms with Crippen molar-refractivity contribution in [3.05, 3.63) is 29.3 Å². The largest absolute Gasteiger partial charge is 0.355 e. The fraction of sp³-hybridized carbons (Fsp3) is 0.250. The standard InChI is InChI=1S/C8H9FN2O/c1-5-3-4-11-7(9)6(5)8(12)10-2/h3-4H,1-2H3,(H,10,12). The van der Waals surface area contributed by atoms with Gasteiger partial charge in [0.2, 0.25) is 5.95 Å². The van der Waals surface area contributed by atoms with Gasteiger partial charge in [-0.25, -0.2) is 4.98 Å². The van der Waals surface area contributed by atoms with Gasteiger partial charge >= 0.3 is 0 Å². The average Bonchev–Trinajstić information content (AvgIpc) is 2.03. The zero-order valence-corrected chi connectivity index (χ0v) is 6.89. The van der Waals surface area contributed by atoms with Gasteiger partial charge in [0.1, 0.15) is 0 Å². The Morgan fingerprint density at radius 3 is 2.83 bits per heavy atom. The highest BCUT2D eigenvalue weighted by Gasteiger charge is 2.13. The van der Waals surface area contributed by atoms with Crippen LogP contribution < -0.4 is 5.32 Å². The predicted octanol–water partition coefficient (Wildman–Crippen LogP) is 0.889. The number of aromatic nitrogens is 1. The second-order valence-corrected chi connectivity index (χ2v) is 2.37. The van der Waals surface area contributed by atoms with E-state index in [0.29, 0.717) is 5.56 Å². The van der Waals surface area contributed by atoms with Crippen LogP contribution in [-0.2, 0) is 0 Å². The third-order valence-electron chi connectivity index (χ3n) is 1.57. The van der Waals surface area contributed by atoms with Crippen molar-refractivity contribution in [2.45, 2.75) is 6.92 Å². The topological polar surface area (TPSA) is 42.0 Å². The second-order valence-electron chi connectivity index (χ2n) is 2.37. The van der Waals surface area contributed by atoms with Crippen LogP contribution in [0.5, 0.6) is 0 Å². The maximum atomic E-state index is 12.9. The Morgan fingerprint density at radius 1 is 1.67 bits per heavy atom. The lowest BCUT2D eigenvalue weighted by molar-refractivity contribution is 0.0957. The van der Waals surface area contributed by atoms with Crippen molar-refractivity contribution < 1.29 is 9.18 Å². The van der Waals surface area contributed by atoms with Crippen LogP contribution in [0, 0.1) is 12.9 Å². The summed E-state index contributed by atoms with van der Waals surface area (Å²) in [5, 5.41) is 2.34. The first-order valence-corrected chi connectivity index (χ1v) is 3.50. The first kappa shape index (κ1) is 8.64. The van der Waals surface area contributed by atoms with E-state index >= 15 is 0 Å². The fourth-order valence-corrected chi connectivity index (χ4v) is 0.923. The van der Waals surface area contributed by atoms with Crippen LogP contribution in [0.15, 0.2) is 12.3 Å². The lowest BCUT2D eigenvalue weighted by atomic mass is 10.1. The van der Waals surface area contributed by atoms with Crippen LogP contribution in [0.4, 0.5) is 4.39 Å². The molecule has 1 rings (SSSR count). The highest BCUT2D eigenvalue weighted by atomic mass is 19.1. The molecule has 12 heavy (non-hydrogen) atoms. The molecule has 0 unspecified atom stereocenters. The van der Waals surface area contributed by atoms with E-state index in [9.17, 15) is 9.18 Å². The fourth-order valence-electron chi connectivity index (χ4n) is 0.923. The molecular formula is C8H9FN2O. The van der Waals surface area contributed by atoms with Gasteiger partial charge in [0.15, 0.2) is 0 Å². The van der Waals surface area contributed by atoms with Gasteiger partial charge in [-0.3, -0.25) is 4.79 Å². The number of rotatable bonds is 1. The summed E-state index contributed by atoms with van der Waals surface area (Å²) in [6.45, 7) is 1.66. The molecule has 4 heteroatoms. The van der Waals surface area contributed by atoms with Gasteiger partial charge in [-0.05, 0) is 18.6 Å². The first-order chi connectivity index (χ1) is 5.66. The zero-order chi connectivity index (χ0) is 9.14. The third kappa shape index (κ3) is 1.42. The van der Waals surface area contributed by atoms with Gasteiger partial charge in [0.25, 0.3) is 5.91 Å². The summed E-state index contributed by atoms with van der Waals surface area (Å²) in [6.07, 6.45) is 1.33. The Kier molecular flexibility index (Phi) is 2.38. The van der Waals surface area contributed by atoms with Gasteiger partial charge in [-0.15, -0.1) is 0 Å². The summed E-state index contributed by atoms with van der Waals surface area (Å²) in [5.41, 5.74) is 0.599. The number of hydrogen-bond donors (Lipinski definition) is 1. The summed E-state index contributed by atoms with van der Waals surface area (Å²) >= 11 is 0. The van der Waals surface area contributed by atoms with E-state index in [1.165, 1.54) is 13.2 Å².